The molecule has 1 aliphatic heterocycles. The van der Waals surface area contributed by atoms with Gasteiger partial charge in [0.15, 0.2) is 5.82 Å². The van der Waals surface area contributed by atoms with Gasteiger partial charge < -0.3 is 27.2 Å². The molecule has 13 heteroatoms. The van der Waals surface area contributed by atoms with Gasteiger partial charge in [-0.15, -0.1) is 0 Å². The van der Waals surface area contributed by atoms with E-state index in [1.807, 2.05) is 0 Å². The number of nitrogen functional groups attached to an aromatic ring is 1. The predicted molar refractivity (Wildman–Crippen MR) is 159 cm³/mol. The van der Waals surface area contributed by atoms with Crippen LogP contribution in [0.1, 0.15) is 55.2 Å². The van der Waals surface area contributed by atoms with Crippen LogP contribution in [0.25, 0.3) is 11.1 Å². The average Bonchev–Trinajstić information content (AvgIpc) is 2.96. The molecule has 2 atom stereocenters. The summed E-state index contributed by atoms with van der Waals surface area (Å²) < 4.78 is 14.5. The van der Waals surface area contributed by atoms with Gasteiger partial charge >= 0.3 is 5.97 Å². The van der Waals surface area contributed by atoms with E-state index in [0.29, 0.717) is 41.8 Å². The minimum absolute atomic E-state index is 0.00458. The second-order valence-corrected chi connectivity index (χ2v) is 10.5. The topological polar surface area (TPSA) is 190 Å². The number of hydrogen-bond donors (Lipinski definition) is 6. The van der Waals surface area contributed by atoms with E-state index in [1.54, 1.807) is 19.1 Å². The number of nitrogens with one attached hydrogen (secondary N) is 2. The fraction of sp³-hybridized carbons (Fsp3) is 0.241. The number of anilines is 3. The first-order valence-corrected chi connectivity index (χ1v) is 13.5. The zero-order valence-corrected chi connectivity index (χ0v) is 23.7. The Kier molecular flexibility index (Phi) is 8.98. The van der Waals surface area contributed by atoms with Crippen LogP contribution in [0.2, 0.25) is 5.02 Å². The molecule has 0 saturated heterocycles. The minimum Gasteiger partial charge on any atom is -0.478 e. The van der Waals surface area contributed by atoms with E-state index < -0.39 is 29.7 Å². The number of halogens is 2. The van der Waals surface area contributed by atoms with Crippen molar-refractivity contribution in [2.45, 2.75) is 39.2 Å². The fourth-order valence-electron chi connectivity index (χ4n) is 4.65. The number of carboxylic acid groups (broad SMARTS) is 1. The number of aromatic carboxylic acids is 1. The molecule has 3 aromatic rings. The first-order valence-electron chi connectivity index (χ1n) is 13.1. The van der Waals surface area contributed by atoms with Crippen LogP contribution in [0.15, 0.2) is 60.1 Å². The van der Waals surface area contributed by atoms with Crippen molar-refractivity contribution >= 4 is 46.4 Å². The van der Waals surface area contributed by atoms with E-state index in [2.05, 4.69) is 15.6 Å². The second kappa shape index (κ2) is 12.5. The van der Waals surface area contributed by atoms with Gasteiger partial charge in [-0.25, -0.2) is 15.0 Å². The van der Waals surface area contributed by atoms with Gasteiger partial charge in [0.1, 0.15) is 5.70 Å². The van der Waals surface area contributed by atoms with E-state index >= 15 is 0 Å². The first kappa shape index (κ1) is 30.3. The molecule has 1 aliphatic rings. The van der Waals surface area contributed by atoms with Crippen LogP contribution in [0, 0.1) is 11.7 Å². The molecule has 0 fully saturated rings. The number of carboxylic acids is 1. The van der Waals surface area contributed by atoms with Crippen LogP contribution in [0.5, 0.6) is 0 Å². The van der Waals surface area contributed by atoms with Crippen LogP contribution in [-0.4, -0.2) is 27.9 Å². The summed E-state index contributed by atoms with van der Waals surface area (Å²) in [6, 6.07) is 9.83. The standard InChI is InChI=1S/C29H31ClFN7O4/c1-14-5-3-7-21(36-28(40)26(33)15(2)38(34)24-8-4-6-19(30)25(24)31)23-11-16(9-10-35-23)17-12-18(29(41)42)20(32)13-22(17)37-27(14)39/h4,6,8-14,21H,3,5,7,32-34H2,1-2H3,(H,36,40)(H,37,39)(H,41,42)/b26-15-. The van der Waals surface area contributed by atoms with Gasteiger partial charge in [0.05, 0.1) is 39.4 Å². The first-order chi connectivity index (χ1) is 19.9. The Morgan fingerprint density at radius 3 is 2.67 bits per heavy atom. The molecule has 220 valence electrons. The quantitative estimate of drug-likeness (QED) is 0.108. The van der Waals surface area contributed by atoms with Crippen LogP contribution in [0.3, 0.4) is 0 Å². The van der Waals surface area contributed by atoms with Crippen molar-refractivity contribution in [3.63, 3.8) is 0 Å². The Morgan fingerprint density at radius 1 is 1.21 bits per heavy atom. The summed E-state index contributed by atoms with van der Waals surface area (Å²) in [6.45, 7) is 3.24. The molecule has 4 rings (SSSR count). The number of hydrogen-bond acceptors (Lipinski definition) is 8. The predicted octanol–water partition coefficient (Wildman–Crippen LogP) is 4.31. The van der Waals surface area contributed by atoms with Crippen molar-refractivity contribution in [3.05, 3.63) is 82.2 Å². The smallest absolute Gasteiger partial charge is 0.337 e. The van der Waals surface area contributed by atoms with Crippen LogP contribution >= 0.6 is 11.6 Å². The number of aromatic nitrogens is 1. The Morgan fingerprint density at radius 2 is 1.95 bits per heavy atom. The van der Waals surface area contributed by atoms with Crippen LogP contribution in [-0.2, 0) is 9.59 Å². The zero-order chi connectivity index (χ0) is 30.7. The summed E-state index contributed by atoms with van der Waals surface area (Å²) >= 11 is 5.87. The maximum Gasteiger partial charge on any atom is 0.337 e. The highest BCUT2D eigenvalue weighted by molar-refractivity contribution is 6.31. The van der Waals surface area contributed by atoms with E-state index in [9.17, 15) is 23.9 Å². The second-order valence-electron chi connectivity index (χ2n) is 10.0. The number of fused-ring (bicyclic) bond motifs is 4. The van der Waals surface area contributed by atoms with E-state index in [-0.39, 0.29) is 39.3 Å². The summed E-state index contributed by atoms with van der Waals surface area (Å²) in [5.41, 5.74) is 13.6. The number of allylic oxidation sites excluding steroid dienone is 1. The number of nitrogens with zero attached hydrogens (tertiary/aromatic N) is 2. The van der Waals surface area contributed by atoms with E-state index in [1.165, 1.54) is 43.5 Å². The lowest BCUT2D eigenvalue weighted by Gasteiger charge is -2.24. The molecule has 2 heterocycles. The van der Waals surface area contributed by atoms with Crippen molar-refractivity contribution in [1.29, 1.82) is 0 Å². The number of nitrogens with two attached hydrogens (primary N) is 3. The summed E-state index contributed by atoms with van der Waals surface area (Å²) in [6.07, 6.45) is 2.98. The number of carbonyl (C=O) groups is 3. The van der Waals surface area contributed by atoms with Crippen molar-refractivity contribution in [2.24, 2.45) is 17.5 Å². The highest BCUT2D eigenvalue weighted by atomic mass is 35.5. The lowest BCUT2D eigenvalue weighted by Crippen LogP contribution is -2.38. The molecule has 1 aromatic heterocycles. The molecule has 2 unspecified atom stereocenters. The van der Waals surface area contributed by atoms with Crippen LogP contribution < -0.4 is 33.0 Å². The Hall–Kier alpha value is -4.68. The number of hydrazine groups is 1. The number of benzene rings is 2. The third kappa shape index (κ3) is 6.29. The Balaban J connectivity index is 1.72. The van der Waals surface area contributed by atoms with E-state index in [4.69, 9.17) is 28.9 Å². The Labute approximate surface area is 246 Å². The van der Waals surface area contributed by atoms with Gasteiger partial charge in [0, 0.05) is 23.4 Å². The van der Waals surface area contributed by atoms with Crippen molar-refractivity contribution in [1.82, 2.24) is 10.3 Å². The third-order valence-corrected chi connectivity index (χ3v) is 7.49. The summed E-state index contributed by atoms with van der Waals surface area (Å²) in [4.78, 5) is 42.6. The molecule has 0 spiro atoms. The van der Waals surface area contributed by atoms with Gasteiger partial charge in [-0.3, -0.25) is 19.6 Å². The molecule has 42 heavy (non-hydrogen) atoms. The monoisotopic (exact) mass is 595 g/mol. The summed E-state index contributed by atoms with van der Waals surface area (Å²) in [7, 11) is 0. The van der Waals surface area contributed by atoms with Gasteiger partial charge in [-0.05, 0) is 61.7 Å². The van der Waals surface area contributed by atoms with Crippen molar-refractivity contribution in [3.8, 4) is 11.1 Å². The average molecular weight is 596 g/mol. The van der Waals surface area contributed by atoms with Crippen molar-refractivity contribution < 1.29 is 23.9 Å². The van der Waals surface area contributed by atoms with Gasteiger partial charge in [0.2, 0.25) is 5.91 Å². The van der Waals surface area contributed by atoms with E-state index in [0.717, 1.165) is 5.01 Å². The maximum absolute atomic E-state index is 14.5. The molecular weight excluding hydrogens is 565 g/mol. The maximum atomic E-state index is 14.5. The molecule has 9 N–H and O–H groups in total. The molecule has 0 aliphatic carbocycles. The number of rotatable bonds is 5. The molecule has 2 aromatic carbocycles. The normalized spacial score (nSPS) is 17.5. The van der Waals surface area contributed by atoms with Gasteiger partial charge in [-0.2, -0.15) is 0 Å². The lowest BCUT2D eigenvalue weighted by atomic mass is 9.94. The third-order valence-electron chi connectivity index (χ3n) is 7.20. The SMILES string of the molecule is C/C(=C(/N)C(=O)NC1CCCC(C)C(=O)Nc2cc(N)c(C(=O)O)cc2-c2ccnc1c2)N(N)c1cccc(Cl)c1F. The van der Waals surface area contributed by atoms with Crippen LogP contribution in [0.4, 0.5) is 21.5 Å². The highest BCUT2D eigenvalue weighted by Gasteiger charge is 2.25. The van der Waals surface area contributed by atoms with Gasteiger partial charge in [0.25, 0.3) is 5.91 Å². The number of pyridine rings is 1. The van der Waals surface area contributed by atoms with Gasteiger partial charge in [-0.1, -0.05) is 31.0 Å². The fourth-order valence-corrected chi connectivity index (χ4v) is 4.82. The molecular formula is C29H31ClFN7O4. The molecule has 2 amide bonds. The molecule has 0 saturated carbocycles. The number of carbonyl (C=O) groups excluding carboxylic acids is 2. The van der Waals surface area contributed by atoms with Crippen molar-refractivity contribution in [2.75, 3.05) is 16.1 Å². The highest BCUT2D eigenvalue weighted by Crippen LogP contribution is 2.35. The lowest BCUT2D eigenvalue weighted by molar-refractivity contribution is -0.120. The number of amides is 2. The zero-order valence-electron chi connectivity index (χ0n) is 22.9. The summed E-state index contributed by atoms with van der Waals surface area (Å²) in [5, 5.41) is 16.2. The Bertz CT molecular complexity index is 1600. The minimum atomic E-state index is -1.22. The molecule has 2 bridgehead atoms. The largest absolute Gasteiger partial charge is 0.478 e. The summed E-state index contributed by atoms with van der Waals surface area (Å²) in [5.74, 6) is 2.78. The molecule has 0 radical (unpaired) electrons. The molecule has 11 nitrogen and oxygen atoms in total.